The van der Waals surface area contributed by atoms with Crippen LogP contribution < -0.4 is 0 Å². The number of likely N-dealkylation sites (tertiary alicyclic amines) is 2. The van der Waals surface area contributed by atoms with Gasteiger partial charge in [-0.3, -0.25) is 14.4 Å². The molecule has 7 heteroatoms. The Morgan fingerprint density at radius 2 is 1.86 bits per heavy atom. The standard InChI is InChI=1S/C21H26F2N4O/c22-19-4-1-3-18(21(19)23)13-25-10-5-16(6-11-25)17-7-12-26(14-17)20(28)15-27-9-2-8-24-27/h1-4,8-9,16-17H,5-7,10-15H2. The first-order valence-electron chi connectivity index (χ1n) is 10.0. The number of carbonyl (C=O) groups is 1. The molecule has 0 N–H and O–H groups in total. The lowest BCUT2D eigenvalue weighted by Gasteiger charge is -2.35. The van der Waals surface area contributed by atoms with E-state index in [2.05, 4.69) is 10.00 Å². The van der Waals surface area contributed by atoms with Gasteiger partial charge in [-0.15, -0.1) is 0 Å². The molecule has 2 aliphatic heterocycles. The molecule has 0 saturated carbocycles. The molecule has 2 fully saturated rings. The average molecular weight is 388 g/mol. The lowest BCUT2D eigenvalue weighted by molar-refractivity contribution is -0.131. The van der Waals surface area contributed by atoms with Crippen LogP contribution in [0.15, 0.2) is 36.7 Å². The molecule has 2 saturated heterocycles. The van der Waals surface area contributed by atoms with E-state index in [4.69, 9.17) is 0 Å². The Kier molecular flexibility index (Phi) is 5.71. The van der Waals surface area contributed by atoms with Crippen molar-refractivity contribution in [1.82, 2.24) is 19.6 Å². The number of amides is 1. The summed E-state index contributed by atoms with van der Waals surface area (Å²) in [5.41, 5.74) is 0.426. The van der Waals surface area contributed by atoms with Gasteiger partial charge in [-0.2, -0.15) is 5.10 Å². The van der Waals surface area contributed by atoms with E-state index in [0.717, 1.165) is 51.5 Å². The van der Waals surface area contributed by atoms with Crippen molar-refractivity contribution in [3.05, 3.63) is 53.9 Å². The van der Waals surface area contributed by atoms with Crippen LogP contribution in [-0.4, -0.2) is 51.7 Å². The van der Waals surface area contributed by atoms with E-state index in [1.54, 1.807) is 23.0 Å². The molecule has 1 amide bonds. The van der Waals surface area contributed by atoms with Crippen LogP contribution in [0.2, 0.25) is 0 Å². The Morgan fingerprint density at radius 1 is 1.07 bits per heavy atom. The van der Waals surface area contributed by atoms with Gasteiger partial charge in [0.05, 0.1) is 0 Å². The highest BCUT2D eigenvalue weighted by atomic mass is 19.2. The largest absolute Gasteiger partial charge is 0.341 e. The number of piperidine rings is 1. The molecule has 0 aliphatic carbocycles. The minimum atomic E-state index is -0.779. The zero-order valence-corrected chi connectivity index (χ0v) is 15.9. The molecule has 0 spiro atoms. The first kappa shape index (κ1) is 19.1. The minimum Gasteiger partial charge on any atom is -0.341 e. The summed E-state index contributed by atoms with van der Waals surface area (Å²) >= 11 is 0. The Hall–Kier alpha value is -2.28. The lowest BCUT2D eigenvalue weighted by atomic mass is 9.83. The van der Waals surface area contributed by atoms with Crippen LogP contribution in [0, 0.1) is 23.5 Å². The second kappa shape index (κ2) is 8.39. The van der Waals surface area contributed by atoms with E-state index < -0.39 is 11.6 Å². The summed E-state index contributed by atoms with van der Waals surface area (Å²) in [6.45, 7) is 4.17. The maximum Gasteiger partial charge on any atom is 0.244 e. The number of hydrogen-bond acceptors (Lipinski definition) is 3. The first-order chi connectivity index (χ1) is 13.6. The van der Waals surface area contributed by atoms with Gasteiger partial charge in [0, 0.05) is 37.6 Å². The van der Waals surface area contributed by atoms with E-state index in [1.807, 2.05) is 17.2 Å². The fourth-order valence-corrected chi connectivity index (χ4v) is 4.53. The second-order valence-corrected chi connectivity index (χ2v) is 7.92. The molecule has 1 unspecified atom stereocenters. The van der Waals surface area contributed by atoms with Crippen molar-refractivity contribution in [1.29, 1.82) is 0 Å². The van der Waals surface area contributed by atoms with Gasteiger partial charge >= 0.3 is 0 Å². The third-order valence-corrected chi connectivity index (χ3v) is 6.16. The van der Waals surface area contributed by atoms with Gasteiger partial charge in [0.15, 0.2) is 11.6 Å². The van der Waals surface area contributed by atoms with Crippen LogP contribution in [0.4, 0.5) is 8.78 Å². The number of carbonyl (C=O) groups excluding carboxylic acids is 1. The maximum atomic E-state index is 13.9. The Labute approximate surface area is 163 Å². The third-order valence-electron chi connectivity index (χ3n) is 6.16. The lowest BCUT2D eigenvalue weighted by Crippen LogP contribution is -2.37. The van der Waals surface area contributed by atoms with Crippen LogP contribution in [0.5, 0.6) is 0 Å². The highest BCUT2D eigenvalue weighted by Crippen LogP contribution is 2.32. The molecule has 2 aromatic rings. The Balaban J connectivity index is 1.25. The molecular weight excluding hydrogens is 362 g/mol. The zero-order chi connectivity index (χ0) is 19.5. The number of hydrogen-bond donors (Lipinski definition) is 0. The number of benzene rings is 1. The van der Waals surface area contributed by atoms with Crippen LogP contribution in [-0.2, 0) is 17.9 Å². The Bertz CT molecular complexity index is 803. The molecule has 0 radical (unpaired) electrons. The number of halogens is 2. The summed E-state index contributed by atoms with van der Waals surface area (Å²) in [6, 6.07) is 6.20. The predicted molar refractivity (Wildman–Crippen MR) is 101 cm³/mol. The predicted octanol–water partition coefficient (Wildman–Crippen LogP) is 2.92. The summed E-state index contributed by atoms with van der Waals surface area (Å²) in [5, 5.41) is 4.10. The fraction of sp³-hybridized carbons (Fsp3) is 0.524. The van der Waals surface area contributed by atoms with Crippen molar-refractivity contribution in [2.45, 2.75) is 32.4 Å². The smallest absolute Gasteiger partial charge is 0.244 e. The summed E-state index contributed by atoms with van der Waals surface area (Å²) < 4.78 is 28.9. The number of nitrogens with zero attached hydrogens (tertiary/aromatic N) is 4. The molecule has 150 valence electrons. The molecule has 5 nitrogen and oxygen atoms in total. The minimum absolute atomic E-state index is 0.130. The van der Waals surface area contributed by atoms with E-state index in [9.17, 15) is 13.6 Å². The van der Waals surface area contributed by atoms with Crippen molar-refractivity contribution in [3.8, 4) is 0 Å². The molecule has 0 bridgehead atoms. The fourth-order valence-electron chi connectivity index (χ4n) is 4.53. The second-order valence-electron chi connectivity index (χ2n) is 7.92. The van der Waals surface area contributed by atoms with Crippen LogP contribution >= 0.6 is 0 Å². The van der Waals surface area contributed by atoms with E-state index in [1.165, 1.54) is 0 Å². The van der Waals surface area contributed by atoms with Gasteiger partial charge in [-0.25, -0.2) is 8.78 Å². The van der Waals surface area contributed by atoms with Gasteiger partial charge in [0.25, 0.3) is 0 Å². The molecule has 28 heavy (non-hydrogen) atoms. The number of aromatic nitrogens is 2. The van der Waals surface area contributed by atoms with E-state index in [-0.39, 0.29) is 5.91 Å². The first-order valence-corrected chi connectivity index (χ1v) is 10.0. The van der Waals surface area contributed by atoms with Crippen LogP contribution in [0.25, 0.3) is 0 Å². The van der Waals surface area contributed by atoms with Gasteiger partial charge in [-0.05, 0) is 56.3 Å². The van der Waals surface area contributed by atoms with E-state index in [0.29, 0.717) is 30.5 Å². The van der Waals surface area contributed by atoms with E-state index >= 15 is 0 Å². The normalized spacial score (nSPS) is 21.4. The number of rotatable bonds is 5. The van der Waals surface area contributed by atoms with Crippen molar-refractivity contribution in [2.24, 2.45) is 11.8 Å². The SMILES string of the molecule is O=C(Cn1cccn1)N1CCC(C2CCN(Cc3cccc(F)c3F)CC2)C1. The van der Waals surface area contributed by atoms with Crippen LogP contribution in [0.3, 0.4) is 0 Å². The zero-order valence-electron chi connectivity index (χ0n) is 15.9. The molecule has 3 heterocycles. The molecule has 1 aromatic carbocycles. The van der Waals surface area contributed by atoms with Crippen LogP contribution in [0.1, 0.15) is 24.8 Å². The highest BCUT2D eigenvalue weighted by Gasteiger charge is 2.33. The average Bonchev–Trinajstić information content (AvgIpc) is 3.38. The van der Waals surface area contributed by atoms with Crippen molar-refractivity contribution in [3.63, 3.8) is 0 Å². The molecule has 1 aromatic heterocycles. The summed E-state index contributed by atoms with van der Waals surface area (Å²) in [6.07, 6.45) is 6.63. The highest BCUT2D eigenvalue weighted by molar-refractivity contribution is 5.76. The van der Waals surface area contributed by atoms with Crippen molar-refractivity contribution in [2.75, 3.05) is 26.2 Å². The third kappa shape index (κ3) is 4.24. The van der Waals surface area contributed by atoms with Gasteiger partial charge in [0.2, 0.25) is 5.91 Å². The van der Waals surface area contributed by atoms with Gasteiger partial charge < -0.3 is 4.90 Å². The summed E-state index contributed by atoms with van der Waals surface area (Å²) in [4.78, 5) is 16.6. The topological polar surface area (TPSA) is 41.4 Å². The van der Waals surface area contributed by atoms with Crippen molar-refractivity contribution >= 4 is 5.91 Å². The molecule has 2 aliphatic rings. The maximum absolute atomic E-state index is 13.9. The van der Waals surface area contributed by atoms with Gasteiger partial charge in [0.1, 0.15) is 6.54 Å². The van der Waals surface area contributed by atoms with Crippen molar-refractivity contribution < 1.29 is 13.6 Å². The summed E-state index contributed by atoms with van der Waals surface area (Å²) in [5.74, 6) is -0.249. The molecule has 4 rings (SSSR count). The Morgan fingerprint density at radius 3 is 2.61 bits per heavy atom. The van der Waals surface area contributed by atoms with Gasteiger partial charge in [-0.1, -0.05) is 12.1 Å². The summed E-state index contributed by atoms with van der Waals surface area (Å²) in [7, 11) is 0. The monoisotopic (exact) mass is 388 g/mol. The molecule has 1 atom stereocenters. The quantitative estimate of drug-likeness (QED) is 0.791. The molecular formula is C21H26F2N4O.